The second-order valence-corrected chi connectivity index (χ2v) is 8.29. The lowest BCUT2D eigenvalue weighted by Gasteiger charge is -2.24. The van der Waals surface area contributed by atoms with Crippen molar-refractivity contribution in [3.05, 3.63) is 58.4 Å². The highest BCUT2D eigenvalue weighted by molar-refractivity contribution is 5.97. The Morgan fingerprint density at radius 1 is 1.30 bits per heavy atom. The SMILES string of the molecule is CC(C)CN(CC=CN=C1C=CC(OCc2ncc([N+](=O)[O-])n2C)=CC1)CC(C)C. The van der Waals surface area contributed by atoms with Crippen LogP contribution in [-0.4, -0.2) is 44.7 Å². The summed E-state index contributed by atoms with van der Waals surface area (Å²) in [7, 11) is 1.61. The van der Waals surface area contributed by atoms with Gasteiger partial charge in [0.25, 0.3) is 0 Å². The van der Waals surface area contributed by atoms with Gasteiger partial charge >= 0.3 is 5.82 Å². The first-order valence-electron chi connectivity index (χ1n) is 10.4. The van der Waals surface area contributed by atoms with Gasteiger partial charge in [-0.1, -0.05) is 33.8 Å². The molecule has 2 rings (SSSR count). The second-order valence-electron chi connectivity index (χ2n) is 8.29. The van der Waals surface area contributed by atoms with Gasteiger partial charge in [0.1, 0.15) is 12.0 Å². The van der Waals surface area contributed by atoms with Crippen LogP contribution >= 0.6 is 0 Å². The minimum atomic E-state index is -0.461. The number of hydrogen-bond donors (Lipinski definition) is 0. The van der Waals surface area contributed by atoms with E-state index in [1.165, 1.54) is 10.8 Å². The molecule has 0 saturated heterocycles. The number of nitrogens with zero attached hydrogens (tertiary/aromatic N) is 5. The fourth-order valence-corrected chi connectivity index (χ4v) is 3.21. The standard InChI is InChI=1S/C22H33N5O3/c1-17(2)14-26(15-18(3)4)12-6-11-23-19-7-9-20(10-8-19)30-16-21-24-13-22(25(21)5)27(28)29/h6-7,9-11,13,17-18H,8,12,14-16H2,1-5H3. The number of nitro groups is 1. The maximum Gasteiger partial charge on any atom is 0.342 e. The Labute approximate surface area is 178 Å². The summed E-state index contributed by atoms with van der Waals surface area (Å²) in [6.45, 7) is 12.2. The highest BCUT2D eigenvalue weighted by Gasteiger charge is 2.17. The Balaban J connectivity index is 1.82. The molecule has 0 fully saturated rings. The molecule has 8 heteroatoms. The van der Waals surface area contributed by atoms with E-state index in [-0.39, 0.29) is 12.4 Å². The topological polar surface area (TPSA) is 85.8 Å². The molecule has 0 spiro atoms. The average molecular weight is 416 g/mol. The minimum absolute atomic E-state index is 0.0525. The van der Waals surface area contributed by atoms with Gasteiger partial charge in [0.2, 0.25) is 5.82 Å². The van der Waals surface area contributed by atoms with Crippen molar-refractivity contribution in [2.75, 3.05) is 19.6 Å². The molecule has 0 saturated carbocycles. The molecule has 0 aliphatic heterocycles. The van der Waals surface area contributed by atoms with Gasteiger partial charge in [-0.3, -0.25) is 9.89 Å². The van der Waals surface area contributed by atoms with Gasteiger partial charge in [0, 0.05) is 38.0 Å². The first-order valence-corrected chi connectivity index (χ1v) is 10.4. The predicted octanol–water partition coefficient (Wildman–Crippen LogP) is 4.26. The number of aromatic nitrogens is 2. The van der Waals surface area contributed by atoms with Gasteiger partial charge < -0.3 is 14.9 Å². The fraction of sp³-hybridized carbons (Fsp3) is 0.545. The summed E-state index contributed by atoms with van der Waals surface area (Å²) in [5, 5.41) is 10.9. The predicted molar refractivity (Wildman–Crippen MR) is 119 cm³/mol. The zero-order valence-electron chi connectivity index (χ0n) is 18.6. The number of imidazole rings is 1. The largest absolute Gasteiger partial charge is 0.484 e. The lowest BCUT2D eigenvalue weighted by molar-refractivity contribution is -0.391. The summed E-state index contributed by atoms with van der Waals surface area (Å²) in [6, 6.07) is 0. The van der Waals surface area contributed by atoms with Crippen molar-refractivity contribution in [3.63, 3.8) is 0 Å². The van der Waals surface area contributed by atoms with Crippen molar-refractivity contribution in [3.8, 4) is 0 Å². The van der Waals surface area contributed by atoms with Crippen molar-refractivity contribution < 1.29 is 9.66 Å². The van der Waals surface area contributed by atoms with Gasteiger partial charge in [-0.05, 0) is 35.0 Å². The van der Waals surface area contributed by atoms with E-state index in [2.05, 4.69) is 48.6 Å². The van der Waals surface area contributed by atoms with Crippen LogP contribution in [0.1, 0.15) is 39.9 Å². The van der Waals surface area contributed by atoms with Gasteiger partial charge in [-0.15, -0.1) is 0 Å². The molecule has 0 bridgehead atoms. The van der Waals surface area contributed by atoms with Gasteiger partial charge in [0.05, 0.1) is 7.05 Å². The van der Waals surface area contributed by atoms with Crippen LogP contribution in [0, 0.1) is 22.0 Å². The van der Waals surface area contributed by atoms with Crippen LogP contribution in [-0.2, 0) is 18.4 Å². The third-order valence-corrected chi connectivity index (χ3v) is 4.52. The molecule has 1 heterocycles. The highest BCUT2D eigenvalue weighted by atomic mass is 16.6. The first kappa shape index (κ1) is 23.5. The summed E-state index contributed by atoms with van der Waals surface area (Å²) in [6.07, 6.45) is 11.6. The van der Waals surface area contributed by atoms with Gasteiger partial charge in [-0.25, -0.2) is 9.55 Å². The monoisotopic (exact) mass is 415 g/mol. The van der Waals surface area contributed by atoms with Crippen LogP contribution in [0.25, 0.3) is 0 Å². The Morgan fingerprint density at radius 2 is 2.00 bits per heavy atom. The van der Waals surface area contributed by atoms with Crippen LogP contribution < -0.4 is 0 Å². The van der Waals surface area contributed by atoms with E-state index in [1.807, 2.05) is 24.4 Å². The lowest BCUT2D eigenvalue weighted by atomic mass is 10.1. The Morgan fingerprint density at radius 3 is 2.53 bits per heavy atom. The van der Waals surface area contributed by atoms with Gasteiger partial charge in [-0.2, -0.15) is 0 Å². The summed E-state index contributed by atoms with van der Waals surface area (Å²) < 4.78 is 7.13. The molecular weight excluding hydrogens is 382 g/mol. The average Bonchev–Trinajstić information content (AvgIpc) is 3.04. The first-order chi connectivity index (χ1) is 14.3. The molecule has 30 heavy (non-hydrogen) atoms. The zero-order valence-corrected chi connectivity index (χ0v) is 18.6. The number of ether oxygens (including phenoxy) is 1. The number of hydrogen-bond acceptors (Lipinski definition) is 6. The van der Waals surface area contributed by atoms with Crippen LogP contribution in [0.5, 0.6) is 0 Å². The molecule has 1 aromatic heterocycles. The minimum Gasteiger partial charge on any atom is -0.484 e. The molecule has 0 unspecified atom stereocenters. The second kappa shape index (κ2) is 11.4. The third-order valence-electron chi connectivity index (χ3n) is 4.52. The number of allylic oxidation sites excluding steroid dienone is 3. The van der Waals surface area contributed by atoms with E-state index in [4.69, 9.17) is 4.74 Å². The lowest BCUT2D eigenvalue weighted by Crippen LogP contribution is -2.31. The molecule has 0 atom stereocenters. The Bertz CT molecular complexity index is 824. The summed E-state index contributed by atoms with van der Waals surface area (Å²) in [5.74, 6) is 2.45. The maximum atomic E-state index is 10.9. The van der Waals surface area contributed by atoms with Crippen molar-refractivity contribution in [1.82, 2.24) is 14.5 Å². The number of rotatable bonds is 11. The van der Waals surface area contributed by atoms with Crippen LogP contribution in [0.4, 0.5) is 5.82 Å². The smallest absolute Gasteiger partial charge is 0.342 e. The molecule has 1 aliphatic carbocycles. The molecular formula is C22H33N5O3. The molecule has 0 amide bonds. The third kappa shape index (κ3) is 7.59. The van der Waals surface area contributed by atoms with E-state index in [9.17, 15) is 10.1 Å². The summed E-state index contributed by atoms with van der Waals surface area (Å²) in [4.78, 5) is 21.4. The van der Waals surface area contributed by atoms with Crippen LogP contribution in [0.3, 0.4) is 0 Å². The summed E-state index contributed by atoms with van der Waals surface area (Å²) in [5.41, 5.74) is 0.963. The van der Waals surface area contributed by atoms with Crippen molar-refractivity contribution >= 4 is 11.5 Å². The molecule has 1 aliphatic rings. The van der Waals surface area contributed by atoms with Crippen molar-refractivity contribution in [2.45, 2.75) is 40.7 Å². The van der Waals surface area contributed by atoms with E-state index >= 15 is 0 Å². The quantitative estimate of drug-likeness (QED) is 0.398. The van der Waals surface area contributed by atoms with Crippen LogP contribution in [0.15, 0.2) is 47.5 Å². The van der Waals surface area contributed by atoms with Crippen molar-refractivity contribution in [1.29, 1.82) is 0 Å². The molecule has 0 N–H and O–H groups in total. The molecule has 8 nitrogen and oxygen atoms in total. The summed E-state index contributed by atoms with van der Waals surface area (Å²) >= 11 is 0. The van der Waals surface area contributed by atoms with E-state index < -0.39 is 4.92 Å². The molecule has 1 aromatic rings. The van der Waals surface area contributed by atoms with Crippen molar-refractivity contribution in [2.24, 2.45) is 23.9 Å². The number of aliphatic imine (C=N–C) groups is 1. The zero-order chi connectivity index (χ0) is 22.1. The Hall–Kier alpha value is -2.74. The van der Waals surface area contributed by atoms with Crippen LogP contribution in [0.2, 0.25) is 0 Å². The fourth-order valence-electron chi connectivity index (χ4n) is 3.21. The van der Waals surface area contributed by atoms with E-state index in [0.717, 1.165) is 25.3 Å². The molecule has 0 aromatic carbocycles. The van der Waals surface area contributed by atoms with E-state index in [1.54, 1.807) is 7.05 Å². The van der Waals surface area contributed by atoms with E-state index in [0.29, 0.717) is 29.8 Å². The Kier molecular flexibility index (Phi) is 8.98. The normalized spacial score (nSPS) is 15.7. The molecule has 0 radical (unpaired) electrons. The highest BCUT2D eigenvalue weighted by Crippen LogP contribution is 2.16. The molecule has 164 valence electrons. The van der Waals surface area contributed by atoms with Gasteiger partial charge in [0.15, 0.2) is 6.61 Å². The maximum absolute atomic E-state index is 10.9.